The van der Waals surface area contributed by atoms with Crippen LogP contribution < -0.4 is 10.2 Å². The second-order valence-electron chi connectivity index (χ2n) is 5.22. The molecule has 1 unspecified atom stereocenters. The fraction of sp³-hybridized carbons (Fsp3) is 0.294. The molecule has 2 aromatic rings. The molecule has 0 saturated heterocycles. The molecule has 0 saturated carbocycles. The van der Waals surface area contributed by atoms with Crippen molar-refractivity contribution in [1.82, 2.24) is 0 Å². The van der Waals surface area contributed by atoms with Crippen LogP contribution in [0.15, 0.2) is 48.5 Å². The van der Waals surface area contributed by atoms with Gasteiger partial charge in [0, 0.05) is 20.6 Å². The van der Waals surface area contributed by atoms with Crippen LogP contribution in [0.4, 0.5) is 11.4 Å². The summed E-state index contributed by atoms with van der Waals surface area (Å²) in [5, 5.41) is 4.28. The zero-order valence-corrected chi connectivity index (χ0v) is 13.0. The van der Waals surface area contributed by atoms with Crippen molar-refractivity contribution in [3.8, 4) is 0 Å². The molecular weight excluding hydrogens is 268 g/mol. The van der Waals surface area contributed by atoms with Crippen LogP contribution in [0.3, 0.4) is 0 Å². The second kappa shape index (κ2) is 6.67. The number of anilines is 2. The molecule has 0 bridgehead atoms. The van der Waals surface area contributed by atoms with Crippen molar-refractivity contribution >= 4 is 23.0 Å². The van der Waals surface area contributed by atoms with Gasteiger partial charge in [0.15, 0.2) is 0 Å². The van der Waals surface area contributed by atoms with Crippen LogP contribution in [0, 0.1) is 0 Å². The molecule has 2 nitrogen and oxygen atoms in total. The van der Waals surface area contributed by atoms with E-state index in [2.05, 4.69) is 42.6 Å². The lowest BCUT2D eigenvalue weighted by Crippen LogP contribution is -2.15. The molecule has 3 heteroatoms. The number of hydrogen-bond acceptors (Lipinski definition) is 2. The first-order valence-electron chi connectivity index (χ1n) is 6.84. The summed E-state index contributed by atoms with van der Waals surface area (Å²) >= 11 is 6.28. The van der Waals surface area contributed by atoms with E-state index in [1.54, 1.807) is 0 Å². The van der Waals surface area contributed by atoms with Crippen molar-refractivity contribution in [3.05, 3.63) is 59.1 Å². The number of benzene rings is 2. The Hall–Kier alpha value is -1.67. The smallest absolute Gasteiger partial charge is 0.0786 e. The third-order valence-corrected chi connectivity index (χ3v) is 3.71. The summed E-state index contributed by atoms with van der Waals surface area (Å²) < 4.78 is 0. The van der Waals surface area contributed by atoms with Crippen LogP contribution in [-0.2, 0) is 0 Å². The van der Waals surface area contributed by atoms with E-state index in [-0.39, 0.29) is 0 Å². The van der Waals surface area contributed by atoms with Gasteiger partial charge in [0.2, 0.25) is 0 Å². The molecule has 20 heavy (non-hydrogen) atoms. The molecule has 0 radical (unpaired) electrons. The molecule has 0 fully saturated rings. The minimum atomic E-state index is 0.449. The average molecular weight is 289 g/mol. The van der Waals surface area contributed by atoms with Gasteiger partial charge in [-0.3, -0.25) is 0 Å². The van der Waals surface area contributed by atoms with Gasteiger partial charge in [0.25, 0.3) is 0 Å². The van der Waals surface area contributed by atoms with Gasteiger partial charge in [0.05, 0.1) is 16.4 Å². The van der Waals surface area contributed by atoms with Gasteiger partial charge in [-0.25, -0.2) is 0 Å². The third-order valence-electron chi connectivity index (χ3n) is 3.40. The van der Waals surface area contributed by atoms with Gasteiger partial charge in [-0.05, 0) is 23.6 Å². The number of hydrogen-bond donors (Lipinski definition) is 1. The largest absolute Gasteiger partial charge is 0.383 e. The van der Waals surface area contributed by atoms with E-state index < -0.39 is 0 Å². The first kappa shape index (κ1) is 14.7. The van der Waals surface area contributed by atoms with Crippen molar-refractivity contribution in [1.29, 1.82) is 0 Å². The summed E-state index contributed by atoms with van der Waals surface area (Å²) in [6.45, 7) is 3.10. The molecule has 0 aliphatic heterocycles. The maximum atomic E-state index is 6.28. The predicted octanol–water partition coefficient (Wildman–Crippen LogP) is 4.62. The fourth-order valence-corrected chi connectivity index (χ4v) is 2.62. The van der Waals surface area contributed by atoms with E-state index in [9.17, 15) is 0 Å². The molecule has 0 spiro atoms. The first-order chi connectivity index (χ1) is 9.59. The fourth-order valence-electron chi connectivity index (χ4n) is 2.27. The molecule has 106 valence electrons. The highest BCUT2D eigenvalue weighted by Crippen LogP contribution is 2.32. The summed E-state index contributed by atoms with van der Waals surface area (Å²) in [5.74, 6) is 0.449. The zero-order valence-electron chi connectivity index (χ0n) is 12.2. The molecule has 1 N–H and O–H groups in total. The normalized spacial score (nSPS) is 12.0. The average Bonchev–Trinajstić information content (AvgIpc) is 2.45. The van der Waals surface area contributed by atoms with Gasteiger partial charge >= 0.3 is 0 Å². The van der Waals surface area contributed by atoms with Crippen LogP contribution in [-0.4, -0.2) is 20.6 Å². The van der Waals surface area contributed by atoms with Crippen LogP contribution in [0.1, 0.15) is 18.4 Å². The van der Waals surface area contributed by atoms with Crippen LogP contribution in [0.2, 0.25) is 5.02 Å². The molecule has 0 heterocycles. The van der Waals surface area contributed by atoms with E-state index in [0.29, 0.717) is 5.92 Å². The molecule has 0 aliphatic rings. The Morgan fingerprint density at radius 2 is 1.75 bits per heavy atom. The van der Waals surface area contributed by atoms with Crippen molar-refractivity contribution in [2.45, 2.75) is 12.8 Å². The van der Waals surface area contributed by atoms with Gasteiger partial charge in [-0.1, -0.05) is 54.9 Å². The minimum absolute atomic E-state index is 0.449. The van der Waals surface area contributed by atoms with E-state index in [4.69, 9.17) is 11.6 Å². The van der Waals surface area contributed by atoms with Crippen LogP contribution in [0.5, 0.6) is 0 Å². The van der Waals surface area contributed by atoms with Crippen LogP contribution in [0.25, 0.3) is 0 Å². The monoisotopic (exact) mass is 288 g/mol. The van der Waals surface area contributed by atoms with E-state index in [1.165, 1.54) is 5.56 Å². The molecule has 2 aromatic carbocycles. The molecular formula is C17H21ClN2. The van der Waals surface area contributed by atoms with Gasteiger partial charge < -0.3 is 10.2 Å². The summed E-state index contributed by atoms with van der Waals surface area (Å²) in [4.78, 5) is 2.04. The number of para-hydroxylation sites is 1. The highest BCUT2D eigenvalue weighted by molar-refractivity contribution is 6.34. The maximum absolute atomic E-state index is 6.28. The van der Waals surface area contributed by atoms with Crippen molar-refractivity contribution in [2.24, 2.45) is 0 Å². The Labute approximate surface area is 126 Å². The van der Waals surface area contributed by atoms with E-state index in [0.717, 1.165) is 22.9 Å². The lowest BCUT2D eigenvalue weighted by molar-refractivity contribution is 0.804. The predicted molar refractivity (Wildman–Crippen MR) is 89.1 cm³/mol. The standard InChI is InChI=1S/C17H21ClN2/c1-13(14-8-5-4-6-9-14)12-19-16-11-7-10-15(18)17(16)20(2)3/h4-11,13,19H,12H2,1-3H3. The van der Waals surface area contributed by atoms with E-state index >= 15 is 0 Å². The van der Waals surface area contributed by atoms with Crippen molar-refractivity contribution < 1.29 is 0 Å². The Balaban J connectivity index is 2.10. The lowest BCUT2D eigenvalue weighted by atomic mass is 10.0. The summed E-state index contributed by atoms with van der Waals surface area (Å²) in [7, 11) is 4.01. The minimum Gasteiger partial charge on any atom is -0.383 e. The molecule has 0 amide bonds. The second-order valence-corrected chi connectivity index (χ2v) is 5.63. The highest BCUT2D eigenvalue weighted by Gasteiger charge is 2.10. The molecule has 0 aliphatic carbocycles. The summed E-state index contributed by atoms with van der Waals surface area (Å²) in [6, 6.07) is 16.5. The number of rotatable bonds is 5. The third kappa shape index (κ3) is 3.45. The molecule has 0 aromatic heterocycles. The topological polar surface area (TPSA) is 15.3 Å². The van der Waals surface area contributed by atoms with Crippen molar-refractivity contribution in [3.63, 3.8) is 0 Å². The Kier molecular flexibility index (Phi) is 4.91. The molecule has 2 rings (SSSR count). The summed E-state index contributed by atoms with van der Waals surface area (Å²) in [6.07, 6.45) is 0. The van der Waals surface area contributed by atoms with Gasteiger partial charge in [0.1, 0.15) is 0 Å². The van der Waals surface area contributed by atoms with Gasteiger partial charge in [-0.15, -0.1) is 0 Å². The SMILES string of the molecule is CC(CNc1cccc(Cl)c1N(C)C)c1ccccc1. The van der Waals surface area contributed by atoms with Crippen molar-refractivity contribution in [2.75, 3.05) is 30.9 Å². The zero-order chi connectivity index (χ0) is 14.5. The highest BCUT2D eigenvalue weighted by atomic mass is 35.5. The van der Waals surface area contributed by atoms with Crippen LogP contribution >= 0.6 is 11.6 Å². The maximum Gasteiger partial charge on any atom is 0.0786 e. The lowest BCUT2D eigenvalue weighted by Gasteiger charge is -2.21. The number of nitrogens with one attached hydrogen (secondary N) is 1. The van der Waals surface area contributed by atoms with E-state index in [1.807, 2.05) is 37.2 Å². The Morgan fingerprint density at radius 3 is 2.40 bits per heavy atom. The quantitative estimate of drug-likeness (QED) is 0.863. The summed E-state index contributed by atoms with van der Waals surface area (Å²) in [5.41, 5.74) is 3.45. The first-order valence-corrected chi connectivity index (χ1v) is 7.22. The Bertz CT molecular complexity index is 552. The Morgan fingerprint density at radius 1 is 1.05 bits per heavy atom. The number of nitrogens with zero attached hydrogens (tertiary/aromatic N) is 1. The van der Waals surface area contributed by atoms with Gasteiger partial charge in [-0.2, -0.15) is 0 Å². The molecule has 1 atom stereocenters. The number of halogens is 1.